The monoisotopic (exact) mass is 178 g/mol. The third kappa shape index (κ3) is 0.814. The molecule has 3 rings (SSSR count). The van der Waals surface area contributed by atoms with Crippen molar-refractivity contribution in [1.29, 1.82) is 0 Å². The molecule has 64 valence electrons. The number of benzene rings is 2. The van der Waals surface area contributed by atoms with Crippen LogP contribution in [-0.4, -0.2) is 5.78 Å². The lowest BCUT2D eigenvalue weighted by molar-refractivity contribution is 0.104. The maximum atomic E-state index is 11.8. The molecule has 2 aromatic carbocycles. The summed E-state index contributed by atoms with van der Waals surface area (Å²) in [6.45, 7) is 0. The van der Waals surface area contributed by atoms with Crippen molar-refractivity contribution in [3.63, 3.8) is 0 Å². The van der Waals surface area contributed by atoms with Gasteiger partial charge in [0.1, 0.15) is 0 Å². The summed E-state index contributed by atoms with van der Waals surface area (Å²) in [5.41, 5.74) is 3.41. The van der Waals surface area contributed by atoms with E-state index in [9.17, 15) is 4.79 Å². The molecule has 1 aliphatic carbocycles. The maximum absolute atomic E-state index is 11.8. The number of carbonyl (C=O) groups excluding carboxylic acids is 1. The summed E-state index contributed by atoms with van der Waals surface area (Å²) < 4.78 is 0. The smallest absolute Gasteiger partial charge is 0.194 e. The molecular formula is C13H6O. The zero-order valence-corrected chi connectivity index (χ0v) is 7.37. The predicted octanol–water partition coefficient (Wildman–Crippen LogP) is 2.50. The van der Waals surface area contributed by atoms with E-state index in [2.05, 4.69) is 12.1 Å². The molecule has 0 saturated carbocycles. The number of rotatable bonds is 0. The Morgan fingerprint density at radius 2 is 1.71 bits per heavy atom. The molecule has 2 aromatic rings. The maximum Gasteiger partial charge on any atom is 0.194 e. The van der Waals surface area contributed by atoms with Gasteiger partial charge in [0.15, 0.2) is 5.78 Å². The minimum absolute atomic E-state index is 0.0625. The van der Waals surface area contributed by atoms with Crippen LogP contribution in [-0.2, 0) is 0 Å². The summed E-state index contributed by atoms with van der Waals surface area (Å²) in [5.74, 6) is 0.0625. The zero-order valence-electron chi connectivity index (χ0n) is 7.37. The largest absolute Gasteiger partial charge is 0.289 e. The molecule has 0 amide bonds. The summed E-state index contributed by atoms with van der Waals surface area (Å²) >= 11 is 0. The number of fused-ring (bicyclic) bond motifs is 3. The lowest BCUT2D eigenvalue weighted by Gasteiger charge is -1.96. The molecule has 2 radical (unpaired) electrons. The van der Waals surface area contributed by atoms with E-state index in [0.29, 0.717) is 5.56 Å². The van der Waals surface area contributed by atoms with Gasteiger partial charge in [-0.05, 0) is 17.2 Å². The summed E-state index contributed by atoms with van der Waals surface area (Å²) in [7, 11) is 0. The van der Waals surface area contributed by atoms with Crippen LogP contribution in [0.15, 0.2) is 36.4 Å². The average molecular weight is 178 g/mol. The van der Waals surface area contributed by atoms with Crippen molar-refractivity contribution >= 4 is 5.78 Å². The van der Waals surface area contributed by atoms with E-state index in [-0.39, 0.29) is 5.78 Å². The zero-order chi connectivity index (χ0) is 9.54. The molecule has 0 spiro atoms. The Bertz CT molecular complexity index is 479. The molecule has 14 heavy (non-hydrogen) atoms. The highest BCUT2D eigenvalue weighted by molar-refractivity contribution is 6.21. The first-order valence-electron chi connectivity index (χ1n) is 4.44. The second kappa shape index (κ2) is 2.55. The Hall–Kier alpha value is -1.89. The topological polar surface area (TPSA) is 17.1 Å². The lowest BCUT2D eigenvalue weighted by atomic mass is 10.1. The van der Waals surface area contributed by atoms with Gasteiger partial charge >= 0.3 is 0 Å². The molecule has 0 bridgehead atoms. The van der Waals surface area contributed by atoms with E-state index in [1.165, 1.54) is 0 Å². The van der Waals surface area contributed by atoms with Gasteiger partial charge in [-0.2, -0.15) is 0 Å². The first-order valence-corrected chi connectivity index (χ1v) is 4.44. The Kier molecular flexibility index (Phi) is 1.37. The SMILES string of the molecule is O=C1c2[c][c]ccc2-c2ccccc21. The fraction of sp³-hybridized carbons (Fsp3) is 0. The molecule has 1 nitrogen and oxygen atoms in total. The molecular weight excluding hydrogens is 172 g/mol. The van der Waals surface area contributed by atoms with Gasteiger partial charge in [-0.15, -0.1) is 0 Å². The van der Waals surface area contributed by atoms with E-state index in [4.69, 9.17) is 0 Å². The molecule has 1 aliphatic rings. The van der Waals surface area contributed by atoms with E-state index < -0.39 is 0 Å². The van der Waals surface area contributed by atoms with Crippen molar-refractivity contribution in [2.75, 3.05) is 0 Å². The van der Waals surface area contributed by atoms with Gasteiger partial charge in [-0.3, -0.25) is 4.79 Å². The molecule has 1 heteroatoms. The van der Waals surface area contributed by atoms with Crippen LogP contribution < -0.4 is 0 Å². The molecule has 0 heterocycles. The third-order valence-electron chi connectivity index (χ3n) is 2.49. The van der Waals surface area contributed by atoms with Crippen LogP contribution in [0.4, 0.5) is 0 Å². The molecule has 0 unspecified atom stereocenters. The first-order chi connectivity index (χ1) is 6.88. The van der Waals surface area contributed by atoms with Gasteiger partial charge in [-0.25, -0.2) is 0 Å². The standard InChI is InChI=1S/C13H6O/c14-13-11-7-3-1-5-9(11)10-6-2-4-8-12(10)13/h1-3,5-7H. The summed E-state index contributed by atoms with van der Waals surface area (Å²) in [5, 5.41) is 0. The van der Waals surface area contributed by atoms with Crippen molar-refractivity contribution in [3.05, 3.63) is 59.7 Å². The van der Waals surface area contributed by atoms with Crippen molar-refractivity contribution in [1.82, 2.24) is 0 Å². The van der Waals surface area contributed by atoms with Gasteiger partial charge < -0.3 is 0 Å². The number of hydrogen-bond acceptors (Lipinski definition) is 1. The van der Waals surface area contributed by atoms with E-state index in [1.54, 1.807) is 6.07 Å². The Morgan fingerprint density at radius 1 is 0.929 bits per heavy atom. The molecule has 0 N–H and O–H groups in total. The van der Waals surface area contributed by atoms with Crippen LogP contribution in [0.3, 0.4) is 0 Å². The minimum atomic E-state index is 0.0625. The number of hydrogen-bond donors (Lipinski definition) is 0. The fourth-order valence-electron chi connectivity index (χ4n) is 1.84. The number of carbonyl (C=O) groups is 1. The van der Waals surface area contributed by atoms with Crippen LogP contribution in [0, 0.1) is 12.1 Å². The van der Waals surface area contributed by atoms with Crippen LogP contribution in [0.1, 0.15) is 15.9 Å². The summed E-state index contributed by atoms with van der Waals surface area (Å²) in [6, 6.07) is 17.0. The second-order valence-electron chi connectivity index (χ2n) is 3.27. The van der Waals surface area contributed by atoms with Gasteiger partial charge in [0.05, 0.1) is 0 Å². The van der Waals surface area contributed by atoms with Crippen LogP contribution in [0.5, 0.6) is 0 Å². The highest BCUT2D eigenvalue weighted by Crippen LogP contribution is 2.35. The van der Waals surface area contributed by atoms with Crippen LogP contribution in [0.25, 0.3) is 11.1 Å². The minimum Gasteiger partial charge on any atom is -0.289 e. The predicted molar refractivity (Wildman–Crippen MR) is 53.0 cm³/mol. The Morgan fingerprint density at radius 3 is 2.57 bits per heavy atom. The van der Waals surface area contributed by atoms with Crippen molar-refractivity contribution in [2.24, 2.45) is 0 Å². The van der Waals surface area contributed by atoms with E-state index in [1.807, 2.05) is 30.3 Å². The lowest BCUT2D eigenvalue weighted by Crippen LogP contribution is -1.94. The van der Waals surface area contributed by atoms with Gasteiger partial charge in [0, 0.05) is 17.2 Å². The summed E-state index contributed by atoms with van der Waals surface area (Å²) in [4.78, 5) is 11.8. The molecule has 0 aromatic heterocycles. The Balaban J connectivity index is 2.42. The fourth-order valence-corrected chi connectivity index (χ4v) is 1.84. The highest BCUT2D eigenvalue weighted by Gasteiger charge is 2.25. The number of ketones is 1. The molecule has 0 saturated heterocycles. The van der Waals surface area contributed by atoms with Crippen molar-refractivity contribution < 1.29 is 4.79 Å². The second-order valence-corrected chi connectivity index (χ2v) is 3.27. The highest BCUT2D eigenvalue weighted by atomic mass is 16.1. The van der Waals surface area contributed by atoms with Crippen molar-refractivity contribution in [2.45, 2.75) is 0 Å². The average Bonchev–Trinajstić information content (AvgIpc) is 2.55. The molecule has 0 aliphatic heterocycles. The van der Waals surface area contributed by atoms with Gasteiger partial charge in [-0.1, -0.05) is 36.4 Å². The van der Waals surface area contributed by atoms with E-state index >= 15 is 0 Å². The van der Waals surface area contributed by atoms with Gasteiger partial charge in [0.2, 0.25) is 0 Å². The Labute approximate surface area is 82.0 Å². The summed E-state index contributed by atoms with van der Waals surface area (Å²) in [6.07, 6.45) is 0. The first kappa shape index (κ1) is 7.51. The quantitative estimate of drug-likeness (QED) is 0.517. The molecule has 0 atom stereocenters. The van der Waals surface area contributed by atoms with Crippen molar-refractivity contribution in [3.8, 4) is 11.1 Å². The van der Waals surface area contributed by atoms with Gasteiger partial charge in [0.25, 0.3) is 0 Å². The van der Waals surface area contributed by atoms with Crippen LogP contribution >= 0.6 is 0 Å². The van der Waals surface area contributed by atoms with E-state index in [0.717, 1.165) is 16.7 Å². The third-order valence-corrected chi connectivity index (χ3v) is 2.49. The van der Waals surface area contributed by atoms with Crippen LogP contribution in [0.2, 0.25) is 0 Å². The normalized spacial score (nSPS) is 12.4. The molecule has 0 fully saturated rings.